The van der Waals surface area contributed by atoms with Crippen LogP contribution in [-0.4, -0.2) is 68.5 Å². The number of hydrogen-bond donors (Lipinski definition) is 2. The normalized spacial score (nSPS) is 14.5. The summed E-state index contributed by atoms with van der Waals surface area (Å²) in [5, 5.41) is 13.8. The fraction of sp³-hybridized carbons (Fsp3) is 0.762. The molecule has 0 rings (SSSR count). The highest BCUT2D eigenvalue weighted by Crippen LogP contribution is 2.38. The maximum atomic E-state index is 12.9. The lowest BCUT2D eigenvalue weighted by Crippen LogP contribution is -2.45. The summed E-state index contributed by atoms with van der Waals surface area (Å²) < 4.78 is 23.3. The minimum absolute atomic E-state index is 0.00218. The van der Waals surface area contributed by atoms with Crippen LogP contribution < -0.4 is 10.2 Å². The zero-order valence-corrected chi connectivity index (χ0v) is 48.5. The molecule has 2 N–H and O–H groups in total. The van der Waals surface area contributed by atoms with Crippen LogP contribution in [0.25, 0.3) is 0 Å². The molecule has 0 aromatic heterocycles. The first kappa shape index (κ1) is 69.7. The summed E-state index contributed by atoms with van der Waals surface area (Å²) in [6.45, 7) is 4.54. The van der Waals surface area contributed by atoms with Crippen molar-refractivity contribution >= 4 is 13.7 Å². The van der Waals surface area contributed by atoms with Crippen LogP contribution in [0, 0.1) is 0 Å². The molecule has 1 amide bonds. The number of aliphatic hydroxyl groups is 1. The van der Waals surface area contributed by atoms with Gasteiger partial charge in [0, 0.05) is 6.42 Å². The summed E-state index contributed by atoms with van der Waals surface area (Å²) in [6.07, 6.45) is 75.3. The molecule has 0 aliphatic carbocycles. The quantitative estimate of drug-likeness (QED) is 0.0272. The number of unbranched alkanes of at least 4 members (excludes halogenated alkanes) is 29. The summed E-state index contributed by atoms with van der Waals surface area (Å²) in [5.74, 6) is -0.198. The Morgan fingerprint density at radius 3 is 1.24 bits per heavy atom. The van der Waals surface area contributed by atoms with Crippen LogP contribution in [0.5, 0.6) is 0 Å². The third-order valence-corrected chi connectivity index (χ3v) is 14.1. The molecule has 72 heavy (non-hydrogen) atoms. The van der Waals surface area contributed by atoms with Gasteiger partial charge >= 0.3 is 0 Å². The standard InChI is InChI=1S/C63H115N2O6P/c1-6-8-10-12-14-16-18-20-21-22-23-24-25-26-27-28-29-30-31-32-33-34-35-36-37-38-39-40-41-42-43-45-47-49-51-53-55-57-63(67)64-61(60-71-72(68,69)70-59-58-65(3,4)5)62(66)56-54-52-50-48-46-44-19-17-15-13-11-9-7-2/h8,10,14,16,20-21,23-24,26-27,29-30,54,56,61-62,66H,6-7,9,11-13,15,17-19,22,25,28,31-53,55,57-60H2,1-5H3,(H-,64,67,68,69)/b10-8-,16-14-,21-20-,24-23-,27-26-,30-29-,56-54+. The number of nitrogens with zero attached hydrogens (tertiary/aromatic N) is 1. The number of carbonyl (C=O) groups excluding carboxylic acids is 1. The number of carbonyl (C=O) groups is 1. The average Bonchev–Trinajstić information content (AvgIpc) is 3.34. The van der Waals surface area contributed by atoms with Crippen molar-refractivity contribution in [1.29, 1.82) is 0 Å². The van der Waals surface area contributed by atoms with Gasteiger partial charge in [0.05, 0.1) is 39.9 Å². The van der Waals surface area contributed by atoms with E-state index in [0.29, 0.717) is 17.4 Å². The van der Waals surface area contributed by atoms with Gasteiger partial charge in [-0.3, -0.25) is 9.36 Å². The monoisotopic (exact) mass is 1030 g/mol. The van der Waals surface area contributed by atoms with E-state index < -0.39 is 20.0 Å². The number of likely N-dealkylation sites (N-methyl/N-ethyl adjacent to an activating group) is 1. The molecule has 0 aliphatic rings. The summed E-state index contributed by atoms with van der Waals surface area (Å²) >= 11 is 0. The lowest BCUT2D eigenvalue weighted by atomic mass is 10.0. The number of aliphatic hydroxyl groups excluding tert-OH is 1. The van der Waals surface area contributed by atoms with Gasteiger partial charge in [-0.1, -0.05) is 266 Å². The molecule has 0 saturated heterocycles. The SMILES string of the molecule is CC/C=C\C/C=C\C/C=C\C/C=C\C/C=C\C/C=C\CCCCCCCCCCCCCCCCCCCCC(=O)NC(COP(=O)([O-])OCC[N+](C)(C)C)C(O)/C=C/CCCCCCCCCCCCC. The van der Waals surface area contributed by atoms with Crippen LogP contribution in [0.3, 0.4) is 0 Å². The molecular weight excluding hydrogens is 912 g/mol. The van der Waals surface area contributed by atoms with Crippen LogP contribution in [0.15, 0.2) is 85.1 Å². The second-order valence-corrected chi connectivity index (χ2v) is 22.7. The maximum Gasteiger partial charge on any atom is 0.268 e. The van der Waals surface area contributed by atoms with E-state index >= 15 is 0 Å². The van der Waals surface area contributed by atoms with Crippen molar-refractivity contribution in [1.82, 2.24) is 5.32 Å². The van der Waals surface area contributed by atoms with Gasteiger partial charge in [0.25, 0.3) is 7.82 Å². The van der Waals surface area contributed by atoms with E-state index in [4.69, 9.17) is 9.05 Å². The van der Waals surface area contributed by atoms with Crippen molar-refractivity contribution in [3.8, 4) is 0 Å². The van der Waals surface area contributed by atoms with Crippen molar-refractivity contribution in [3.63, 3.8) is 0 Å². The van der Waals surface area contributed by atoms with E-state index in [9.17, 15) is 19.4 Å². The molecule has 0 aliphatic heterocycles. The van der Waals surface area contributed by atoms with Gasteiger partial charge in [0.1, 0.15) is 13.2 Å². The Bertz CT molecular complexity index is 1450. The fourth-order valence-electron chi connectivity index (χ4n) is 8.45. The lowest BCUT2D eigenvalue weighted by Gasteiger charge is -2.29. The van der Waals surface area contributed by atoms with E-state index in [1.54, 1.807) is 6.08 Å². The van der Waals surface area contributed by atoms with E-state index in [1.807, 2.05) is 27.2 Å². The average molecular weight is 1030 g/mol. The summed E-state index contributed by atoms with van der Waals surface area (Å²) in [7, 11) is 1.26. The van der Waals surface area contributed by atoms with Crippen LogP contribution in [0.4, 0.5) is 0 Å². The smallest absolute Gasteiger partial charge is 0.268 e. The Hall–Kier alpha value is -2.32. The molecule has 0 heterocycles. The Balaban J connectivity index is 3.98. The Morgan fingerprint density at radius 2 is 0.847 bits per heavy atom. The number of phosphoric ester groups is 1. The van der Waals surface area contributed by atoms with Gasteiger partial charge in [-0.2, -0.15) is 0 Å². The van der Waals surface area contributed by atoms with Gasteiger partial charge in [0.2, 0.25) is 5.91 Å². The molecule has 0 aromatic carbocycles. The third kappa shape index (κ3) is 55.4. The van der Waals surface area contributed by atoms with Crippen molar-refractivity contribution < 1.29 is 32.9 Å². The number of amides is 1. The molecule has 0 aromatic rings. The number of rotatable bonds is 54. The zero-order valence-electron chi connectivity index (χ0n) is 47.6. The first-order valence-corrected chi connectivity index (χ1v) is 31.4. The highest BCUT2D eigenvalue weighted by molar-refractivity contribution is 7.45. The number of nitrogens with one attached hydrogen (secondary N) is 1. The molecule has 418 valence electrons. The molecule has 0 fully saturated rings. The van der Waals surface area contributed by atoms with Crippen LogP contribution in [0.1, 0.15) is 258 Å². The molecule has 9 heteroatoms. The second-order valence-electron chi connectivity index (χ2n) is 21.3. The van der Waals surface area contributed by atoms with Crippen molar-refractivity contribution in [2.75, 3.05) is 40.9 Å². The largest absolute Gasteiger partial charge is 0.756 e. The van der Waals surface area contributed by atoms with Gasteiger partial charge in [-0.05, 0) is 70.6 Å². The van der Waals surface area contributed by atoms with Crippen LogP contribution in [0.2, 0.25) is 0 Å². The van der Waals surface area contributed by atoms with Crippen molar-refractivity contribution in [3.05, 3.63) is 85.1 Å². The predicted octanol–water partition coefficient (Wildman–Crippen LogP) is 17.8. The molecule has 8 nitrogen and oxygen atoms in total. The summed E-state index contributed by atoms with van der Waals surface area (Å²) in [4.78, 5) is 25.5. The third-order valence-electron chi connectivity index (χ3n) is 13.1. The van der Waals surface area contributed by atoms with Crippen LogP contribution in [-0.2, 0) is 18.4 Å². The van der Waals surface area contributed by atoms with E-state index in [1.165, 1.54) is 161 Å². The topological polar surface area (TPSA) is 108 Å². The molecule has 3 unspecified atom stereocenters. The molecule has 0 saturated carbocycles. The van der Waals surface area contributed by atoms with Gasteiger partial charge in [-0.25, -0.2) is 0 Å². The second kappa shape index (κ2) is 53.5. The number of hydrogen-bond acceptors (Lipinski definition) is 6. The Kier molecular flexibility index (Phi) is 51.8. The fourth-order valence-corrected chi connectivity index (χ4v) is 9.17. The summed E-state index contributed by atoms with van der Waals surface area (Å²) in [6, 6.07) is -0.888. The Morgan fingerprint density at radius 1 is 0.500 bits per heavy atom. The minimum Gasteiger partial charge on any atom is -0.756 e. The van der Waals surface area contributed by atoms with E-state index in [-0.39, 0.29) is 19.1 Å². The molecule has 0 bridgehead atoms. The minimum atomic E-state index is -4.59. The van der Waals surface area contributed by atoms with Gasteiger partial charge < -0.3 is 28.8 Å². The maximum absolute atomic E-state index is 12.9. The zero-order chi connectivity index (χ0) is 52.7. The van der Waals surface area contributed by atoms with E-state index in [2.05, 4.69) is 92.1 Å². The number of quaternary nitrogens is 1. The highest BCUT2D eigenvalue weighted by Gasteiger charge is 2.23. The molecular formula is C63H115N2O6P. The van der Waals surface area contributed by atoms with Crippen LogP contribution >= 0.6 is 7.82 Å². The molecule has 0 radical (unpaired) electrons. The van der Waals surface area contributed by atoms with Crippen molar-refractivity contribution in [2.24, 2.45) is 0 Å². The number of allylic oxidation sites excluding steroid dienone is 13. The first-order chi connectivity index (χ1) is 35.0. The summed E-state index contributed by atoms with van der Waals surface area (Å²) in [5.41, 5.74) is 0. The molecule has 0 spiro atoms. The van der Waals surface area contributed by atoms with E-state index in [0.717, 1.165) is 77.0 Å². The first-order valence-electron chi connectivity index (χ1n) is 29.9. The number of phosphoric acid groups is 1. The lowest BCUT2D eigenvalue weighted by molar-refractivity contribution is -0.870. The predicted molar refractivity (Wildman–Crippen MR) is 311 cm³/mol. The Labute approximate surface area is 446 Å². The van der Waals surface area contributed by atoms with Gasteiger partial charge in [-0.15, -0.1) is 0 Å². The van der Waals surface area contributed by atoms with Gasteiger partial charge in [0.15, 0.2) is 0 Å². The highest BCUT2D eigenvalue weighted by atomic mass is 31.2. The molecule has 3 atom stereocenters. The van der Waals surface area contributed by atoms with Crippen molar-refractivity contribution in [2.45, 2.75) is 270 Å².